The number of nitrogen functional groups attached to an aromatic ring is 1. The van der Waals surface area contributed by atoms with Crippen molar-refractivity contribution in [2.75, 3.05) is 5.73 Å². The molecule has 0 aromatic carbocycles. The van der Waals surface area contributed by atoms with E-state index in [4.69, 9.17) is 10.8 Å². The molecule has 1 unspecified atom stereocenters. The lowest BCUT2D eigenvalue weighted by Crippen LogP contribution is -2.34. The molecule has 5 nitrogen and oxygen atoms in total. The maximum Gasteiger partial charge on any atom is 0.304 e. The van der Waals surface area contributed by atoms with Crippen molar-refractivity contribution in [3.8, 4) is 0 Å². The second-order valence-electron chi connectivity index (χ2n) is 3.28. The quantitative estimate of drug-likeness (QED) is 0.795. The minimum absolute atomic E-state index is 0.296. The fourth-order valence-electron chi connectivity index (χ4n) is 1.16. The molecule has 6 heteroatoms. The molecule has 0 saturated carbocycles. The highest BCUT2D eigenvalue weighted by Gasteiger charge is 2.37. The van der Waals surface area contributed by atoms with Gasteiger partial charge >= 0.3 is 5.97 Å². The smallest absolute Gasteiger partial charge is 0.304 e. The van der Waals surface area contributed by atoms with Crippen molar-refractivity contribution in [3.63, 3.8) is 0 Å². The molecule has 0 spiro atoms. The number of nitrogens with zero attached hydrogens (tertiary/aromatic N) is 1. The average Bonchev–Trinajstić information content (AvgIpc) is 2.50. The molecule has 0 fully saturated rings. The number of nitrogens with two attached hydrogens (primary N) is 1. The van der Waals surface area contributed by atoms with Crippen LogP contribution in [0.15, 0.2) is 5.38 Å². The maximum atomic E-state index is 11.4. The van der Waals surface area contributed by atoms with E-state index in [1.165, 1.54) is 6.92 Å². The third-order valence-electron chi connectivity index (χ3n) is 2.14. The summed E-state index contributed by atoms with van der Waals surface area (Å²) in [5, 5.41) is 10.6. The van der Waals surface area contributed by atoms with Crippen LogP contribution in [0.25, 0.3) is 0 Å². The molecule has 1 heterocycles. The van der Waals surface area contributed by atoms with Gasteiger partial charge in [-0.05, 0) is 13.8 Å². The third kappa shape index (κ3) is 2.33. The lowest BCUT2D eigenvalue weighted by Gasteiger charge is -2.21. The van der Waals surface area contributed by atoms with Gasteiger partial charge in [0.05, 0.1) is 17.5 Å². The Morgan fingerprint density at radius 3 is 2.67 bits per heavy atom. The number of carboxylic acids is 1. The normalized spacial score (nSPS) is 14.5. The second kappa shape index (κ2) is 3.98. The Kier molecular flexibility index (Phi) is 3.09. The fraction of sp³-hybridized carbons (Fsp3) is 0.333. The molecule has 15 heavy (non-hydrogen) atoms. The summed E-state index contributed by atoms with van der Waals surface area (Å²) in [6.07, 6.45) is -0.383. The van der Waals surface area contributed by atoms with Gasteiger partial charge in [0.15, 0.2) is 5.13 Å². The van der Waals surface area contributed by atoms with Gasteiger partial charge in [0.2, 0.25) is 0 Å². The first-order valence-electron chi connectivity index (χ1n) is 4.16. The first kappa shape index (κ1) is 11.6. The zero-order valence-corrected chi connectivity index (χ0v) is 9.00. The molecule has 1 aromatic heterocycles. The molecule has 1 atom stereocenters. The van der Waals surface area contributed by atoms with Crippen LogP contribution in [0, 0.1) is 6.92 Å². The van der Waals surface area contributed by atoms with E-state index in [0.717, 1.165) is 11.3 Å². The number of thiazole rings is 1. The maximum absolute atomic E-state index is 11.4. The van der Waals surface area contributed by atoms with Crippen LogP contribution in [0.2, 0.25) is 0 Å². The number of carbonyl (C=O) groups excluding carboxylic acids is 1. The highest BCUT2D eigenvalue weighted by atomic mass is 32.1. The molecule has 1 aromatic rings. The number of anilines is 1. The Bertz CT molecular complexity index is 402. The van der Waals surface area contributed by atoms with Gasteiger partial charge in [0, 0.05) is 5.38 Å². The van der Waals surface area contributed by atoms with Crippen molar-refractivity contribution < 1.29 is 14.7 Å². The molecule has 1 radical (unpaired) electrons. The van der Waals surface area contributed by atoms with Crippen molar-refractivity contribution in [1.82, 2.24) is 4.98 Å². The van der Waals surface area contributed by atoms with E-state index in [2.05, 4.69) is 11.9 Å². The van der Waals surface area contributed by atoms with Crippen molar-refractivity contribution in [2.24, 2.45) is 0 Å². The minimum atomic E-state index is -1.33. The molecule has 0 aliphatic rings. The van der Waals surface area contributed by atoms with Crippen LogP contribution in [-0.2, 0) is 15.0 Å². The molecular weight excluding hydrogens is 216 g/mol. The van der Waals surface area contributed by atoms with Crippen LogP contribution in [0.1, 0.15) is 19.0 Å². The molecule has 0 bridgehead atoms. The number of rotatable bonds is 4. The van der Waals surface area contributed by atoms with Gasteiger partial charge in [-0.25, -0.2) is 4.98 Å². The van der Waals surface area contributed by atoms with E-state index in [1.807, 2.05) is 0 Å². The monoisotopic (exact) mass is 227 g/mol. The third-order valence-corrected chi connectivity index (χ3v) is 2.81. The zero-order valence-electron chi connectivity index (χ0n) is 8.19. The van der Waals surface area contributed by atoms with Crippen LogP contribution in [0.4, 0.5) is 5.13 Å². The van der Waals surface area contributed by atoms with Crippen molar-refractivity contribution in [3.05, 3.63) is 18.0 Å². The van der Waals surface area contributed by atoms with E-state index in [1.54, 1.807) is 5.38 Å². The van der Waals surface area contributed by atoms with E-state index >= 15 is 0 Å². The van der Waals surface area contributed by atoms with E-state index in [-0.39, 0.29) is 12.2 Å². The summed E-state index contributed by atoms with van der Waals surface area (Å²) in [4.78, 5) is 26.0. The van der Waals surface area contributed by atoms with Crippen molar-refractivity contribution in [2.45, 2.75) is 18.8 Å². The summed E-state index contributed by atoms with van der Waals surface area (Å²) in [7, 11) is 0. The molecule has 0 aliphatic heterocycles. The summed E-state index contributed by atoms with van der Waals surface area (Å²) in [6, 6.07) is 0. The highest BCUT2D eigenvalue weighted by Crippen LogP contribution is 2.30. The van der Waals surface area contributed by atoms with Crippen LogP contribution in [-0.4, -0.2) is 21.8 Å². The minimum Gasteiger partial charge on any atom is -0.481 e. The van der Waals surface area contributed by atoms with Gasteiger partial charge in [-0.2, -0.15) is 0 Å². The Hall–Kier alpha value is -1.43. The number of aromatic nitrogens is 1. The Morgan fingerprint density at radius 2 is 2.33 bits per heavy atom. The Labute approximate surface area is 90.9 Å². The average molecular weight is 227 g/mol. The number of Topliss-reactive ketones (excluding diaryl/α,β-unsaturated/α-hetero) is 1. The number of hydrogen-bond donors (Lipinski definition) is 2. The summed E-state index contributed by atoms with van der Waals surface area (Å²) in [5.74, 6) is -1.43. The van der Waals surface area contributed by atoms with Gasteiger partial charge in [-0.1, -0.05) is 0 Å². The number of aliphatic carboxylic acids is 1. The van der Waals surface area contributed by atoms with Gasteiger partial charge < -0.3 is 10.8 Å². The molecular formula is C9H11N2O3S. The summed E-state index contributed by atoms with van der Waals surface area (Å²) < 4.78 is 0. The molecule has 81 valence electrons. The number of ketones is 1. The lowest BCUT2D eigenvalue weighted by atomic mass is 9.80. The summed E-state index contributed by atoms with van der Waals surface area (Å²) in [6.45, 7) is 4.95. The predicted molar refractivity (Wildman–Crippen MR) is 56.5 cm³/mol. The van der Waals surface area contributed by atoms with Crippen LogP contribution >= 0.6 is 11.3 Å². The van der Waals surface area contributed by atoms with E-state index in [0.29, 0.717) is 10.8 Å². The highest BCUT2D eigenvalue weighted by molar-refractivity contribution is 7.13. The fourth-order valence-corrected chi connectivity index (χ4v) is 1.82. The standard InChI is InChI=1S/C9H11N2O3S/c1-5(12)9(2,3-7(13)14)6-4-15-8(10)11-6/h4H,2-3H2,1H3,(H2,10,11)(H,13,14). The van der Waals surface area contributed by atoms with Crippen molar-refractivity contribution in [1.29, 1.82) is 0 Å². The summed E-state index contributed by atoms with van der Waals surface area (Å²) in [5.41, 5.74) is 4.41. The van der Waals surface area contributed by atoms with Gasteiger partial charge in [0.1, 0.15) is 5.78 Å². The van der Waals surface area contributed by atoms with E-state index < -0.39 is 11.4 Å². The van der Waals surface area contributed by atoms with Crippen LogP contribution in [0.5, 0.6) is 0 Å². The number of carboxylic acid groups (broad SMARTS) is 1. The van der Waals surface area contributed by atoms with Crippen molar-refractivity contribution >= 4 is 28.2 Å². The molecule has 0 aliphatic carbocycles. The first-order chi connectivity index (χ1) is 6.86. The predicted octanol–water partition coefficient (Wildman–Crippen LogP) is 0.861. The number of carbonyl (C=O) groups is 2. The topological polar surface area (TPSA) is 93.3 Å². The molecule has 0 amide bonds. The summed E-state index contributed by atoms with van der Waals surface area (Å²) >= 11 is 1.16. The molecule has 3 N–H and O–H groups in total. The number of hydrogen-bond acceptors (Lipinski definition) is 5. The van der Waals surface area contributed by atoms with Crippen LogP contribution in [0.3, 0.4) is 0 Å². The van der Waals surface area contributed by atoms with Gasteiger partial charge in [0.25, 0.3) is 0 Å². The van der Waals surface area contributed by atoms with E-state index in [9.17, 15) is 9.59 Å². The molecule has 1 rings (SSSR count). The van der Waals surface area contributed by atoms with Gasteiger partial charge in [-0.3, -0.25) is 9.59 Å². The second-order valence-corrected chi connectivity index (χ2v) is 4.17. The van der Waals surface area contributed by atoms with Crippen LogP contribution < -0.4 is 5.73 Å². The largest absolute Gasteiger partial charge is 0.481 e. The first-order valence-corrected chi connectivity index (χ1v) is 5.04. The molecule has 0 saturated heterocycles. The Morgan fingerprint density at radius 1 is 1.73 bits per heavy atom. The Balaban J connectivity index is 3.11. The lowest BCUT2D eigenvalue weighted by molar-refractivity contribution is -0.140. The zero-order chi connectivity index (χ0) is 11.6. The van der Waals surface area contributed by atoms with Gasteiger partial charge in [-0.15, -0.1) is 11.3 Å². The SMILES string of the molecule is [CH2]C(CC(=O)O)(C(C)=O)c1csc(N)n1.